The SMILES string of the molecule is CCOC(=O)CN1CCN2C(=O)C(N)N=C(c3ccccc3F)c3cccc1c32. The van der Waals surface area contributed by atoms with Crippen LogP contribution in [0.1, 0.15) is 18.1 Å². The molecule has 0 saturated carbocycles. The van der Waals surface area contributed by atoms with Gasteiger partial charge in [-0.1, -0.05) is 24.3 Å². The van der Waals surface area contributed by atoms with E-state index in [4.69, 9.17) is 10.5 Å². The maximum atomic E-state index is 14.6. The quantitative estimate of drug-likeness (QED) is 0.795. The Kier molecular flexibility index (Phi) is 5.02. The molecule has 2 aromatic rings. The lowest BCUT2D eigenvalue weighted by molar-refractivity contribution is -0.141. The van der Waals surface area contributed by atoms with E-state index in [1.165, 1.54) is 6.07 Å². The second-order valence-corrected chi connectivity index (χ2v) is 6.79. The second kappa shape index (κ2) is 7.63. The molecule has 8 heteroatoms. The molecule has 0 fully saturated rings. The number of amides is 1. The summed E-state index contributed by atoms with van der Waals surface area (Å²) in [5.74, 6) is -1.16. The Morgan fingerprint density at radius 3 is 2.72 bits per heavy atom. The van der Waals surface area contributed by atoms with Gasteiger partial charge in [0.25, 0.3) is 5.91 Å². The van der Waals surface area contributed by atoms with E-state index >= 15 is 0 Å². The molecule has 4 rings (SSSR count). The highest BCUT2D eigenvalue weighted by Crippen LogP contribution is 2.39. The minimum Gasteiger partial charge on any atom is -0.465 e. The molecular formula is C21H21FN4O3. The van der Waals surface area contributed by atoms with Crippen molar-refractivity contribution in [2.45, 2.75) is 13.1 Å². The molecule has 0 spiro atoms. The second-order valence-electron chi connectivity index (χ2n) is 6.79. The molecule has 0 bridgehead atoms. The standard InChI is InChI=1S/C21H21FN4O3/c1-2-29-17(27)12-25-10-11-26-19-14(7-5-9-16(19)25)18(24-20(23)21(26)28)13-6-3-4-8-15(13)22/h3-9,20H,2,10-12,23H2,1H3. The Balaban J connectivity index is 1.87. The van der Waals surface area contributed by atoms with Crippen LogP contribution in [0, 0.1) is 5.82 Å². The fourth-order valence-electron chi connectivity index (χ4n) is 3.75. The number of nitrogens with zero attached hydrogens (tertiary/aromatic N) is 3. The third-order valence-electron chi connectivity index (χ3n) is 5.02. The zero-order valence-electron chi connectivity index (χ0n) is 16.0. The van der Waals surface area contributed by atoms with Crippen molar-refractivity contribution in [2.24, 2.45) is 10.7 Å². The Labute approximate surface area is 167 Å². The molecule has 1 atom stereocenters. The molecule has 2 N–H and O–H groups in total. The van der Waals surface area contributed by atoms with Gasteiger partial charge in [0.2, 0.25) is 0 Å². The fraction of sp³-hybridized carbons (Fsp3) is 0.286. The van der Waals surface area contributed by atoms with E-state index in [1.807, 2.05) is 11.0 Å². The van der Waals surface area contributed by atoms with Crippen molar-refractivity contribution in [3.05, 3.63) is 59.4 Å². The van der Waals surface area contributed by atoms with Crippen LogP contribution >= 0.6 is 0 Å². The van der Waals surface area contributed by atoms with Gasteiger partial charge in [-0.05, 0) is 25.1 Å². The molecule has 0 radical (unpaired) electrons. The molecule has 2 heterocycles. The van der Waals surface area contributed by atoms with Crippen LogP contribution < -0.4 is 15.5 Å². The van der Waals surface area contributed by atoms with E-state index in [0.29, 0.717) is 42.3 Å². The average Bonchev–Trinajstić information content (AvgIpc) is 2.82. The summed E-state index contributed by atoms with van der Waals surface area (Å²) in [6.07, 6.45) is -1.14. The summed E-state index contributed by atoms with van der Waals surface area (Å²) in [6, 6.07) is 11.7. The molecule has 0 aromatic heterocycles. The van der Waals surface area contributed by atoms with Gasteiger partial charge in [-0.3, -0.25) is 14.6 Å². The third-order valence-corrected chi connectivity index (χ3v) is 5.02. The Morgan fingerprint density at radius 2 is 1.97 bits per heavy atom. The van der Waals surface area contributed by atoms with Crippen LogP contribution in [0.2, 0.25) is 0 Å². The number of benzene rings is 2. The number of para-hydroxylation sites is 1. The molecule has 2 aliphatic rings. The van der Waals surface area contributed by atoms with E-state index in [1.54, 1.807) is 42.2 Å². The van der Waals surface area contributed by atoms with E-state index in [9.17, 15) is 14.0 Å². The summed E-state index contributed by atoms with van der Waals surface area (Å²) in [5.41, 5.74) is 8.51. The van der Waals surface area contributed by atoms with Gasteiger partial charge in [0.05, 0.1) is 23.7 Å². The number of aliphatic imine (C=N–C) groups is 1. The van der Waals surface area contributed by atoms with Gasteiger partial charge in [-0.2, -0.15) is 0 Å². The molecule has 7 nitrogen and oxygen atoms in total. The van der Waals surface area contributed by atoms with Crippen LogP contribution in [-0.2, 0) is 14.3 Å². The van der Waals surface area contributed by atoms with Gasteiger partial charge < -0.3 is 20.3 Å². The van der Waals surface area contributed by atoms with Gasteiger partial charge in [-0.25, -0.2) is 4.39 Å². The number of ether oxygens (including phenoxy) is 1. The molecule has 29 heavy (non-hydrogen) atoms. The predicted molar refractivity (Wildman–Crippen MR) is 108 cm³/mol. The van der Waals surface area contributed by atoms with Crippen molar-refractivity contribution in [3.63, 3.8) is 0 Å². The lowest BCUT2D eigenvalue weighted by Crippen LogP contribution is -2.50. The van der Waals surface area contributed by atoms with Gasteiger partial charge in [0, 0.05) is 24.2 Å². The molecule has 1 unspecified atom stereocenters. The molecule has 1 amide bonds. The Hall–Kier alpha value is -3.26. The Morgan fingerprint density at radius 1 is 1.21 bits per heavy atom. The lowest BCUT2D eigenvalue weighted by atomic mass is 9.97. The molecule has 2 aromatic carbocycles. The zero-order valence-corrected chi connectivity index (χ0v) is 16.0. The highest BCUT2D eigenvalue weighted by atomic mass is 19.1. The highest BCUT2D eigenvalue weighted by Gasteiger charge is 2.36. The number of hydrogen-bond donors (Lipinski definition) is 1. The first-order valence-corrected chi connectivity index (χ1v) is 9.45. The highest BCUT2D eigenvalue weighted by molar-refractivity contribution is 6.22. The van der Waals surface area contributed by atoms with Crippen LogP contribution in [-0.4, -0.2) is 50.0 Å². The normalized spacial score (nSPS) is 18.1. The van der Waals surface area contributed by atoms with Gasteiger partial charge in [-0.15, -0.1) is 0 Å². The average molecular weight is 396 g/mol. The van der Waals surface area contributed by atoms with Crippen LogP contribution in [0.25, 0.3) is 0 Å². The van der Waals surface area contributed by atoms with E-state index < -0.39 is 12.0 Å². The molecule has 0 saturated heterocycles. The first-order chi connectivity index (χ1) is 14.0. The molecular weight excluding hydrogens is 375 g/mol. The smallest absolute Gasteiger partial charge is 0.325 e. The number of halogens is 1. The summed E-state index contributed by atoms with van der Waals surface area (Å²) in [5, 5.41) is 0. The zero-order chi connectivity index (χ0) is 20.5. The Bertz CT molecular complexity index is 1010. The van der Waals surface area contributed by atoms with Gasteiger partial charge in [0.15, 0.2) is 6.17 Å². The third kappa shape index (κ3) is 3.36. The number of carbonyl (C=O) groups is 2. The summed E-state index contributed by atoms with van der Waals surface area (Å²) in [6.45, 7) is 2.90. The van der Waals surface area contributed by atoms with Gasteiger partial charge in [0.1, 0.15) is 12.4 Å². The summed E-state index contributed by atoms with van der Waals surface area (Å²) < 4.78 is 19.6. The number of esters is 1. The minimum atomic E-state index is -1.14. The van der Waals surface area contributed by atoms with Crippen molar-refractivity contribution in [1.82, 2.24) is 0 Å². The van der Waals surface area contributed by atoms with Crippen LogP contribution in [0.5, 0.6) is 0 Å². The van der Waals surface area contributed by atoms with Crippen LogP contribution in [0.15, 0.2) is 47.5 Å². The van der Waals surface area contributed by atoms with E-state index in [-0.39, 0.29) is 24.0 Å². The van der Waals surface area contributed by atoms with E-state index in [0.717, 1.165) is 0 Å². The summed E-state index contributed by atoms with van der Waals surface area (Å²) in [4.78, 5) is 32.8. The molecule has 150 valence electrons. The largest absolute Gasteiger partial charge is 0.465 e. The van der Waals surface area contributed by atoms with Crippen LogP contribution in [0.4, 0.5) is 15.8 Å². The number of rotatable bonds is 4. The number of carbonyl (C=O) groups excluding carboxylic acids is 2. The first kappa shape index (κ1) is 19.1. The van der Waals surface area contributed by atoms with E-state index in [2.05, 4.69) is 4.99 Å². The number of anilines is 2. The van der Waals surface area contributed by atoms with Crippen LogP contribution in [0.3, 0.4) is 0 Å². The maximum absolute atomic E-state index is 14.6. The van der Waals surface area contributed by atoms with Crippen molar-refractivity contribution in [2.75, 3.05) is 36.0 Å². The first-order valence-electron chi connectivity index (χ1n) is 9.45. The number of hydrogen-bond acceptors (Lipinski definition) is 6. The molecule has 0 aliphatic carbocycles. The van der Waals surface area contributed by atoms with Crippen molar-refractivity contribution >= 4 is 29.0 Å². The van der Waals surface area contributed by atoms with Gasteiger partial charge >= 0.3 is 5.97 Å². The monoisotopic (exact) mass is 396 g/mol. The van der Waals surface area contributed by atoms with Crippen molar-refractivity contribution in [3.8, 4) is 0 Å². The summed E-state index contributed by atoms with van der Waals surface area (Å²) in [7, 11) is 0. The van der Waals surface area contributed by atoms with Crippen molar-refractivity contribution in [1.29, 1.82) is 0 Å². The topological polar surface area (TPSA) is 88.2 Å². The lowest BCUT2D eigenvalue weighted by Gasteiger charge is -2.38. The predicted octanol–water partition coefficient (Wildman–Crippen LogP) is 1.68. The minimum absolute atomic E-state index is 0.0601. The fourth-order valence-corrected chi connectivity index (χ4v) is 3.75. The summed E-state index contributed by atoms with van der Waals surface area (Å²) >= 11 is 0. The number of nitrogens with two attached hydrogens (primary N) is 1. The van der Waals surface area contributed by atoms with Crippen molar-refractivity contribution < 1.29 is 18.7 Å². The molecule has 2 aliphatic heterocycles. The maximum Gasteiger partial charge on any atom is 0.325 e.